The lowest BCUT2D eigenvalue weighted by atomic mass is 10.2. The normalized spacial score (nSPS) is 11.8. The molecule has 0 atom stereocenters. The van der Waals surface area contributed by atoms with Crippen molar-refractivity contribution in [2.45, 2.75) is 32.6 Å². The fourth-order valence-corrected chi connectivity index (χ4v) is 5.03. The summed E-state index contributed by atoms with van der Waals surface area (Å²) >= 11 is 4.51. The molecule has 0 saturated heterocycles. The van der Waals surface area contributed by atoms with E-state index in [4.69, 9.17) is 13.3 Å². The summed E-state index contributed by atoms with van der Waals surface area (Å²) in [6.45, 7) is 9.59. The second-order valence-corrected chi connectivity index (χ2v) is 6.87. The molecule has 0 heterocycles. The Morgan fingerprint density at radius 2 is 1.50 bits per heavy atom. The Morgan fingerprint density at radius 3 is 1.94 bits per heavy atom. The molecule has 0 N–H and O–H groups in total. The monoisotopic (exact) mass is 286 g/mol. The van der Waals surface area contributed by atoms with E-state index < -0.39 is 8.80 Å². The van der Waals surface area contributed by atoms with Crippen LogP contribution in [-0.4, -0.2) is 28.6 Å². The number of aryl methyl sites for hydroxylation is 1. The number of thiol groups is 1. The molecular weight excluding hydrogens is 264 g/mol. The Kier molecular flexibility index (Phi) is 6.38. The van der Waals surface area contributed by atoms with Gasteiger partial charge >= 0.3 is 8.80 Å². The Labute approximate surface area is 116 Å². The van der Waals surface area contributed by atoms with Crippen LogP contribution in [0, 0.1) is 6.92 Å². The van der Waals surface area contributed by atoms with E-state index in [1.165, 1.54) is 0 Å². The lowest BCUT2D eigenvalue weighted by Crippen LogP contribution is -2.57. The SMILES string of the molecule is CCO[Si](OCC)(OCC)c1cc(C)ccc1S. The maximum absolute atomic E-state index is 5.88. The first-order chi connectivity index (χ1) is 8.59. The number of rotatable bonds is 7. The maximum atomic E-state index is 5.88. The van der Waals surface area contributed by atoms with Crippen molar-refractivity contribution in [2.24, 2.45) is 0 Å². The highest BCUT2D eigenvalue weighted by Crippen LogP contribution is 2.17. The molecule has 5 heteroatoms. The number of benzene rings is 1. The fourth-order valence-electron chi connectivity index (χ4n) is 1.82. The summed E-state index contributed by atoms with van der Waals surface area (Å²) in [5, 5.41) is 0.955. The molecule has 0 radical (unpaired) electrons. The smallest absolute Gasteiger partial charge is 0.370 e. The Hall–Kier alpha value is -0.333. The maximum Gasteiger partial charge on any atom is 0.538 e. The summed E-state index contributed by atoms with van der Waals surface area (Å²) in [6, 6.07) is 6.04. The average molecular weight is 286 g/mol. The zero-order valence-corrected chi connectivity index (χ0v) is 13.4. The molecule has 1 aromatic carbocycles. The van der Waals surface area contributed by atoms with Crippen LogP contribution in [0.1, 0.15) is 26.3 Å². The third kappa shape index (κ3) is 3.58. The van der Waals surface area contributed by atoms with Crippen LogP contribution in [0.25, 0.3) is 0 Å². The van der Waals surface area contributed by atoms with E-state index in [9.17, 15) is 0 Å². The largest absolute Gasteiger partial charge is 0.538 e. The van der Waals surface area contributed by atoms with Gasteiger partial charge in [-0.05, 0) is 33.8 Å². The molecule has 0 fully saturated rings. The Bertz CT molecular complexity index is 367. The zero-order chi connectivity index (χ0) is 13.6. The van der Waals surface area contributed by atoms with Gasteiger partial charge in [-0.2, -0.15) is 0 Å². The van der Waals surface area contributed by atoms with E-state index in [-0.39, 0.29) is 0 Å². The van der Waals surface area contributed by atoms with E-state index in [0.29, 0.717) is 19.8 Å². The van der Waals surface area contributed by atoms with Crippen LogP contribution in [0.15, 0.2) is 23.1 Å². The van der Waals surface area contributed by atoms with E-state index in [1.54, 1.807) is 0 Å². The minimum Gasteiger partial charge on any atom is -0.370 e. The molecule has 0 aliphatic rings. The highest BCUT2D eigenvalue weighted by Gasteiger charge is 2.44. The predicted molar refractivity (Wildman–Crippen MR) is 78.7 cm³/mol. The van der Waals surface area contributed by atoms with Gasteiger partial charge in [-0.1, -0.05) is 17.7 Å². The molecule has 1 aromatic rings. The molecular formula is C13H22O3SSi. The molecule has 0 bridgehead atoms. The second kappa shape index (κ2) is 7.30. The van der Waals surface area contributed by atoms with Gasteiger partial charge in [0.2, 0.25) is 0 Å². The van der Waals surface area contributed by atoms with E-state index in [2.05, 4.69) is 18.7 Å². The van der Waals surface area contributed by atoms with Gasteiger partial charge < -0.3 is 13.3 Å². The van der Waals surface area contributed by atoms with Crippen molar-refractivity contribution < 1.29 is 13.3 Å². The van der Waals surface area contributed by atoms with Crippen LogP contribution < -0.4 is 5.19 Å². The number of hydrogen-bond acceptors (Lipinski definition) is 4. The first kappa shape index (κ1) is 15.7. The summed E-state index contributed by atoms with van der Waals surface area (Å²) < 4.78 is 17.6. The van der Waals surface area contributed by atoms with E-state index in [1.807, 2.05) is 39.8 Å². The van der Waals surface area contributed by atoms with Crippen molar-refractivity contribution in [3.05, 3.63) is 23.8 Å². The quantitative estimate of drug-likeness (QED) is 0.616. The lowest BCUT2D eigenvalue weighted by molar-refractivity contribution is 0.0854. The predicted octanol–water partition coefficient (Wildman–Crippen LogP) is 2.54. The lowest BCUT2D eigenvalue weighted by Gasteiger charge is -2.29. The number of hydrogen-bond donors (Lipinski definition) is 1. The van der Waals surface area contributed by atoms with Crippen LogP contribution >= 0.6 is 12.6 Å². The van der Waals surface area contributed by atoms with Crippen molar-refractivity contribution in [2.75, 3.05) is 19.8 Å². The minimum absolute atomic E-state index is 0.563. The Balaban J connectivity index is 3.24. The van der Waals surface area contributed by atoms with Crippen LogP contribution in [-0.2, 0) is 13.3 Å². The van der Waals surface area contributed by atoms with Gasteiger partial charge in [0.1, 0.15) is 0 Å². The zero-order valence-electron chi connectivity index (χ0n) is 11.5. The van der Waals surface area contributed by atoms with Gasteiger partial charge in [0, 0.05) is 29.9 Å². The molecule has 0 spiro atoms. The van der Waals surface area contributed by atoms with Gasteiger partial charge in [-0.25, -0.2) is 0 Å². The van der Waals surface area contributed by atoms with Crippen LogP contribution in [0.3, 0.4) is 0 Å². The van der Waals surface area contributed by atoms with Crippen LogP contribution in [0.2, 0.25) is 0 Å². The molecule has 0 aliphatic heterocycles. The van der Waals surface area contributed by atoms with Crippen LogP contribution in [0.4, 0.5) is 0 Å². The average Bonchev–Trinajstić information content (AvgIpc) is 2.33. The van der Waals surface area contributed by atoms with Gasteiger partial charge in [-0.15, -0.1) is 12.6 Å². The van der Waals surface area contributed by atoms with Gasteiger partial charge in [-0.3, -0.25) is 0 Å². The second-order valence-electron chi connectivity index (χ2n) is 3.88. The first-order valence-corrected chi connectivity index (χ1v) is 8.48. The third-order valence-corrected chi connectivity index (χ3v) is 6.16. The van der Waals surface area contributed by atoms with Gasteiger partial charge in [0.15, 0.2) is 0 Å². The minimum atomic E-state index is -2.82. The summed E-state index contributed by atoms with van der Waals surface area (Å²) in [5.74, 6) is 0. The molecule has 0 aromatic heterocycles. The third-order valence-electron chi connectivity index (χ3n) is 2.48. The molecule has 102 valence electrons. The van der Waals surface area contributed by atoms with Crippen molar-refractivity contribution in [1.29, 1.82) is 0 Å². The summed E-state index contributed by atoms with van der Waals surface area (Å²) in [7, 11) is -2.82. The molecule has 0 unspecified atom stereocenters. The van der Waals surface area contributed by atoms with Crippen molar-refractivity contribution in [3.8, 4) is 0 Å². The summed E-state index contributed by atoms with van der Waals surface area (Å²) in [6.07, 6.45) is 0. The van der Waals surface area contributed by atoms with E-state index >= 15 is 0 Å². The molecule has 18 heavy (non-hydrogen) atoms. The summed E-state index contributed by atoms with van der Waals surface area (Å²) in [5.41, 5.74) is 1.15. The molecule has 0 amide bonds. The highest BCUT2D eigenvalue weighted by atomic mass is 32.1. The standard InChI is InChI=1S/C13H22O3SSi/c1-5-14-18(15-6-2,16-7-3)13-10-11(4)8-9-12(13)17/h8-10,17H,5-7H2,1-4H3. The molecule has 3 nitrogen and oxygen atoms in total. The van der Waals surface area contributed by atoms with Crippen molar-refractivity contribution in [1.82, 2.24) is 0 Å². The fraction of sp³-hybridized carbons (Fsp3) is 0.538. The Morgan fingerprint density at radius 1 is 1.00 bits per heavy atom. The van der Waals surface area contributed by atoms with Gasteiger partial charge in [0.05, 0.1) is 0 Å². The van der Waals surface area contributed by atoms with Crippen LogP contribution in [0.5, 0.6) is 0 Å². The summed E-state index contributed by atoms with van der Waals surface area (Å²) in [4.78, 5) is 0.864. The van der Waals surface area contributed by atoms with Gasteiger partial charge in [0.25, 0.3) is 0 Å². The molecule has 1 rings (SSSR count). The first-order valence-electron chi connectivity index (χ1n) is 6.31. The van der Waals surface area contributed by atoms with Crippen molar-refractivity contribution in [3.63, 3.8) is 0 Å². The highest BCUT2D eigenvalue weighted by molar-refractivity contribution is 7.80. The van der Waals surface area contributed by atoms with E-state index in [0.717, 1.165) is 15.6 Å². The topological polar surface area (TPSA) is 27.7 Å². The molecule has 0 aliphatic carbocycles. The molecule has 0 saturated carbocycles. The van der Waals surface area contributed by atoms with Crippen molar-refractivity contribution >= 4 is 26.6 Å².